The molecule has 0 fully saturated rings. The molecule has 2 aromatic carbocycles. The van der Waals surface area contributed by atoms with Crippen molar-refractivity contribution in [3.05, 3.63) is 65.7 Å². The fourth-order valence-electron chi connectivity index (χ4n) is 2.09. The maximum absolute atomic E-state index is 13.4. The standard InChI is InChI=1S/C17H15FO3/c1-11-6-7-13(9-14(11)18)20-10-15(19)17-8-12-4-2-3-5-16(12)21-17/h2-9,15,19H,10H2,1H3. The zero-order chi connectivity index (χ0) is 14.8. The Kier molecular flexibility index (Phi) is 3.62. The van der Waals surface area contributed by atoms with E-state index in [0.717, 1.165) is 5.39 Å². The van der Waals surface area contributed by atoms with Crippen molar-refractivity contribution in [3.8, 4) is 5.75 Å². The lowest BCUT2D eigenvalue weighted by atomic mass is 10.2. The summed E-state index contributed by atoms with van der Waals surface area (Å²) in [6.07, 6.45) is -0.901. The van der Waals surface area contributed by atoms with E-state index < -0.39 is 6.10 Å². The summed E-state index contributed by atoms with van der Waals surface area (Å²) in [5, 5.41) is 11.0. The molecule has 0 aliphatic carbocycles. The third-order valence-electron chi connectivity index (χ3n) is 3.32. The highest BCUT2D eigenvalue weighted by molar-refractivity contribution is 5.77. The molecule has 0 amide bonds. The van der Waals surface area contributed by atoms with Gasteiger partial charge in [0, 0.05) is 11.5 Å². The number of halogens is 1. The predicted molar refractivity (Wildman–Crippen MR) is 77.8 cm³/mol. The largest absolute Gasteiger partial charge is 0.490 e. The molecule has 3 nitrogen and oxygen atoms in total. The number of benzene rings is 2. The molecule has 0 bridgehead atoms. The predicted octanol–water partition coefficient (Wildman–Crippen LogP) is 3.99. The molecule has 0 saturated carbocycles. The molecule has 0 saturated heterocycles. The number of aliphatic hydroxyl groups is 1. The van der Waals surface area contributed by atoms with Crippen LogP contribution in [0.3, 0.4) is 0 Å². The lowest BCUT2D eigenvalue weighted by molar-refractivity contribution is 0.0901. The molecule has 0 radical (unpaired) electrons. The number of fused-ring (bicyclic) bond motifs is 1. The molecule has 1 unspecified atom stereocenters. The van der Waals surface area contributed by atoms with Crippen molar-refractivity contribution in [1.82, 2.24) is 0 Å². The summed E-state index contributed by atoms with van der Waals surface area (Å²) >= 11 is 0. The highest BCUT2D eigenvalue weighted by Crippen LogP contribution is 2.25. The number of para-hydroxylation sites is 1. The van der Waals surface area contributed by atoms with Gasteiger partial charge in [0.1, 0.15) is 35.6 Å². The maximum atomic E-state index is 13.4. The van der Waals surface area contributed by atoms with Gasteiger partial charge in [-0.2, -0.15) is 0 Å². The average Bonchev–Trinajstić information content (AvgIpc) is 2.92. The first-order valence-electron chi connectivity index (χ1n) is 6.69. The van der Waals surface area contributed by atoms with Crippen molar-refractivity contribution in [1.29, 1.82) is 0 Å². The van der Waals surface area contributed by atoms with Crippen LogP contribution >= 0.6 is 0 Å². The van der Waals surface area contributed by atoms with E-state index in [-0.39, 0.29) is 12.4 Å². The van der Waals surface area contributed by atoms with Crippen LogP contribution < -0.4 is 4.74 Å². The molecule has 1 atom stereocenters. The number of furan rings is 1. The van der Waals surface area contributed by atoms with Crippen LogP contribution in [0, 0.1) is 12.7 Å². The third-order valence-corrected chi connectivity index (χ3v) is 3.32. The van der Waals surface area contributed by atoms with Crippen molar-refractivity contribution in [2.45, 2.75) is 13.0 Å². The van der Waals surface area contributed by atoms with Gasteiger partial charge in [0.15, 0.2) is 0 Å². The quantitative estimate of drug-likeness (QED) is 0.788. The minimum atomic E-state index is -0.901. The van der Waals surface area contributed by atoms with Crippen molar-refractivity contribution < 1.29 is 18.7 Å². The number of aliphatic hydroxyl groups excluding tert-OH is 1. The normalized spacial score (nSPS) is 12.5. The number of ether oxygens (including phenoxy) is 1. The topological polar surface area (TPSA) is 42.6 Å². The molecule has 0 aliphatic heterocycles. The lowest BCUT2D eigenvalue weighted by Crippen LogP contribution is -2.09. The zero-order valence-electron chi connectivity index (χ0n) is 11.5. The average molecular weight is 286 g/mol. The Morgan fingerprint density at radius 2 is 2.00 bits per heavy atom. The SMILES string of the molecule is Cc1ccc(OCC(O)c2cc3ccccc3o2)cc1F. The molecule has 3 rings (SSSR count). The Balaban J connectivity index is 1.70. The van der Waals surface area contributed by atoms with E-state index >= 15 is 0 Å². The third kappa shape index (κ3) is 2.90. The van der Waals surface area contributed by atoms with E-state index in [0.29, 0.717) is 22.7 Å². The van der Waals surface area contributed by atoms with Crippen LogP contribution in [-0.2, 0) is 0 Å². The fourth-order valence-corrected chi connectivity index (χ4v) is 2.09. The van der Waals surface area contributed by atoms with E-state index in [1.807, 2.05) is 24.3 Å². The van der Waals surface area contributed by atoms with Crippen LogP contribution in [0.25, 0.3) is 11.0 Å². The van der Waals surface area contributed by atoms with Gasteiger partial charge in [-0.25, -0.2) is 4.39 Å². The number of hydrogen-bond donors (Lipinski definition) is 1. The molecule has 0 spiro atoms. The van der Waals surface area contributed by atoms with Gasteiger partial charge in [-0.3, -0.25) is 0 Å². The summed E-state index contributed by atoms with van der Waals surface area (Å²) in [5.74, 6) is 0.489. The van der Waals surface area contributed by atoms with Crippen LogP contribution in [0.1, 0.15) is 17.4 Å². The maximum Gasteiger partial charge on any atom is 0.145 e. The Morgan fingerprint density at radius 1 is 1.19 bits per heavy atom. The van der Waals surface area contributed by atoms with Crippen molar-refractivity contribution in [2.24, 2.45) is 0 Å². The second-order valence-corrected chi connectivity index (χ2v) is 4.92. The van der Waals surface area contributed by atoms with Gasteiger partial charge >= 0.3 is 0 Å². The van der Waals surface area contributed by atoms with Crippen LogP contribution in [0.4, 0.5) is 4.39 Å². The summed E-state index contributed by atoms with van der Waals surface area (Å²) in [6, 6.07) is 13.9. The number of hydrogen-bond acceptors (Lipinski definition) is 3. The highest BCUT2D eigenvalue weighted by Gasteiger charge is 2.14. The van der Waals surface area contributed by atoms with Crippen LogP contribution in [-0.4, -0.2) is 11.7 Å². The van der Waals surface area contributed by atoms with Crippen LogP contribution in [0.2, 0.25) is 0 Å². The second-order valence-electron chi connectivity index (χ2n) is 4.92. The fraction of sp³-hybridized carbons (Fsp3) is 0.176. The molecule has 108 valence electrons. The first-order valence-corrected chi connectivity index (χ1v) is 6.69. The summed E-state index contributed by atoms with van der Waals surface area (Å²) in [4.78, 5) is 0. The zero-order valence-corrected chi connectivity index (χ0v) is 11.5. The molecule has 21 heavy (non-hydrogen) atoms. The van der Waals surface area contributed by atoms with E-state index in [1.165, 1.54) is 6.07 Å². The van der Waals surface area contributed by atoms with Gasteiger partial charge in [-0.15, -0.1) is 0 Å². The van der Waals surface area contributed by atoms with E-state index in [1.54, 1.807) is 25.1 Å². The van der Waals surface area contributed by atoms with Crippen molar-refractivity contribution >= 4 is 11.0 Å². The van der Waals surface area contributed by atoms with E-state index in [4.69, 9.17) is 9.15 Å². The van der Waals surface area contributed by atoms with Crippen LogP contribution in [0.15, 0.2) is 52.9 Å². The molecule has 1 heterocycles. The second kappa shape index (κ2) is 5.58. The van der Waals surface area contributed by atoms with E-state index in [9.17, 15) is 9.50 Å². The minimum Gasteiger partial charge on any atom is -0.490 e. The molecule has 4 heteroatoms. The Labute approximate surface area is 121 Å². The summed E-state index contributed by atoms with van der Waals surface area (Å²) < 4.78 is 24.4. The van der Waals surface area contributed by atoms with Gasteiger partial charge in [0.25, 0.3) is 0 Å². The van der Waals surface area contributed by atoms with Gasteiger partial charge in [0.2, 0.25) is 0 Å². The summed E-state index contributed by atoms with van der Waals surface area (Å²) in [6.45, 7) is 1.69. The summed E-state index contributed by atoms with van der Waals surface area (Å²) in [7, 11) is 0. The first kappa shape index (κ1) is 13.6. The molecule has 0 aliphatic rings. The smallest absolute Gasteiger partial charge is 0.145 e. The molecular formula is C17H15FO3. The highest BCUT2D eigenvalue weighted by atomic mass is 19.1. The van der Waals surface area contributed by atoms with Gasteiger partial charge in [0.05, 0.1) is 0 Å². The van der Waals surface area contributed by atoms with Gasteiger partial charge in [-0.05, 0) is 30.7 Å². The van der Waals surface area contributed by atoms with Gasteiger partial charge in [-0.1, -0.05) is 24.3 Å². The summed E-state index contributed by atoms with van der Waals surface area (Å²) in [5.41, 5.74) is 1.27. The Morgan fingerprint density at radius 3 is 2.76 bits per heavy atom. The van der Waals surface area contributed by atoms with E-state index in [2.05, 4.69) is 0 Å². The lowest BCUT2D eigenvalue weighted by Gasteiger charge is -2.10. The Bertz CT molecular complexity index is 731. The molecular weight excluding hydrogens is 271 g/mol. The van der Waals surface area contributed by atoms with Crippen LogP contribution in [0.5, 0.6) is 5.75 Å². The monoisotopic (exact) mass is 286 g/mol. The molecule has 3 aromatic rings. The van der Waals surface area contributed by atoms with Gasteiger partial charge < -0.3 is 14.3 Å². The number of aryl methyl sites for hydroxylation is 1. The van der Waals surface area contributed by atoms with Crippen molar-refractivity contribution in [3.63, 3.8) is 0 Å². The number of rotatable bonds is 4. The van der Waals surface area contributed by atoms with Crippen molar-refractivity contribution in [2.75, 3.05) is 6.61 Å². The minimum absolute atomic E-state index is 0.00230. The Hall–Kier alpha value is -2.33. The first-order chi connectivity index (χ1) is 10.1. The molecule has 1 N–H and O–H groups in total. The molecule has 1 aromatic heterocycles.